The normalized spacial score (nSPS) is 13.5. The zero-order valence-corrected chi connectivity index (χ0v) is 13.7. The highest BCUT2D eigenvalue weighted by molar-refractivity contribution is 7.99. The van der Waals surface area contributed by atoms with E-state index in [4.69, 9.17) is 4.74 Å². The molecule has 0 radical (unpaired) electrons. The van der Waals surface area contributed by atoms with Crippen LogP contribution in [0.25, 0.3) is 0 Å². The third kappa shape index (κ3) is 3.09. The number of nitrogens with zero attached hydrogens (tertiary/aromatic N) is 5. The summed E-state index contributed by atoms with van der Waals surface area (Å²) >= 11 is 1.66. The van der Waals surface area contributed by atoms with E-state index in [0.717, 1.165) is 22.4 Å². The molecule has 0 fully saturated rings. The predicted molar refractivity (Wildman–Crippen MR) is 88.7 cm³/mol. The number of rotatable bonds is 5. The summed E-state index contributed by atoms with van der Waals surface area (Å²) in [5, 5.41) is 14.2. The third-order valence-corrected chi connectivity index (χ3v) is 4.05. The summed E-state index contributed by atoms with van der Waals surface area (Å²) in [6.45, 7) is 7.56. The Bertz CT molecular complexity index is 665. The van der Waals surface area contributed by atoms with Gasteiger partial charge < -0.3 is 9.64 Å². The van der Waals surface area contributed by atoms with Gasteiger partial charge in [-0.05, 0) is 31.2 Å². The second kappa shape index (κ2) is 6.39. The van der Waals surface area contributed by atoms with Crippen molar-refractivity contribution in [2.75, 3.05) is 11.5 Å². The average Bonchev–Trinajstić information content (AvgIpc) is 2.90. The maximum absolute atomic E-state index is 5.46. The van der Waals surface area contributed by atoms with Crippen molar-refractivity contribution in [2.24, 2.45) is 5.10 Å². The van der Waals surface area contributed by atoms with Crippen LogP contribution in [-0.2, 0) is 6.54 Å². The molecule has 0 saturated heterocycles. The molecule has 0 bridgehead atoms. The molecule has 6 nitrogen and oxygen atoms in total. The minimum Gasteiger partial charge on any atom is -0.494 e. The van der Waals surface area contributed by atoms with Gasteiger partial charge in [0.1, 0.15) is 12.1 Å². The molecule has 1 aromatic heterocycles. The number of hydrogen-bond donors (Lipinski definition) is 0. The summed E-state index contributed by atoms with van der Waals surface area (Å²) in [6.07, 6.45) is 1.82. The van der Waals surface area contributed by atoms with E-state index in [2.05, 4.69) is 29.1 Å². The minimum absolute atomic E-state index is 0.452. The van der Waals surface area contributed by atoms with Gasteiger partial charge in [-0.1, -0.05) is 25.6 Å². The highest BCUT2D eigenvalue weighted by Crippen LogP contribution is 2.26. The van der Waals surface area contributed by atoms with Gasteiger partial charge in [0, 0.05) is 10.9 Å². The first kappa shape index (κ1) is 14.9. The van der Waals surface area contributed by atoms with Crippen LogP contribution in [0.3, 0.4) is 0 Å². The Hall–Kier alpha value is -2.02. The molecule has 0 N–H and O–H groups in total. The third-order valence-electron chi connectivity index (χ3n) is 3.12. The molecule has 0 saturated carbocycles. The van der Waals surface area contributed by atoms with Gasteiger partial charge in [-0.3, -0.25) is 0 Å². The number of benzene rings is 1. The van der Waals surface area contributed by atoms with Gasteiger partial charge in [0.05, 0.1) is 13.2 Å². The molecule has 2 heterocycles. The van der Waals surface area contributed by atoms with Crippen LogP contribution < -0.4 is 9.64 Å². The van der Waals surface area contributed by atoms with E-state index < -0.39 is 0 Å². The van der Waals surface area contributed by atoms with Crippen molar-refractivity contribution in [2.45, 2.75) is 37.7 Å². The first-order valence-corrected chi connectivity index (χ1v) is 8.20. The largest absolute Gasteiger partial charge is 0.494 e. The molecule has 0 unspecified atom stereocenters. The fraction of sp³-hybridized carbons (Fsp3) is 0.400. The van der Waals surface area contributed by atoms with E-state index >= 15 is 0 Å². The zero-order valence-electron chi connectivity index (χ0n) is 12.9. The Balaban J connectivity index is 1.76. The van der Waals surface area contributed by atoms with Crippen LogP contribution in [0.2, 0.25) is 0 Å². The highest BCUT2D eigenvalue weighted by atomic mass is 32.2. The lowest BCUT2D eigenvalue weighted by Gasteiger charge is -2.22. The quantitative estimate of drug-likeness (QED) is 0.794. The highest BCUT2D eigenvalue weighted by Gasteiger charge is 2.19. The van der Waals surface area contributed by atoms with E-state index in [1.807, 2.05) is 47.1 Å². The van der Waals surface area contributed by atoms with E-state index in [0.29, 0.717) is 18.4 Å². The number of aromatic nitrogens is 3. The second-order valence-electron chi connectivity index (χ2n) is 5.16. The van der Waals surface area contributed by atoms with Crippen LogP contribution in [0.15, 0.2) is 34.5 Å². The molecular formula is C15H19N5OS. The molecule has 0 aliphatic carbocycles. The van der Waals surface area contributed by atoms with Crippen LogP contribution in [0.1, 0.15) is 26.6 Å². The lowest BCUT2D eigenvalue weighted by Crippen LogP contribution is -2.27. The maximum atomic E-state index is 5.46. The molecule has 1 aliphatic rings. The molecule has 22 heavy (non-hydrogen) atoms. The van der Waals surface area contributed by atoms with E-state index in [1.54, 1.807) is 11.8 Å². The number of anilines is 1. The fourth-order valence-electron chi connectivity index (χ4n) is 2.16. The van der Waals surface area contributed by atoms with Crippen molar-refractivity contribution < 1.29 is 4.74 Å². The Morgan fingerprint density at radius 2 is 2.00 bits per heavy atom. The SMILES string of the molecule is CCOc1ccc(N2C=Nn3c(nnc3SC(C)C)C2)cc1. The summed E-state index contributed by atoms with van der Waals surface area (Å²) in [6, 6.07) is 7.97. The first-order valence-electron chi connectivity index (χ1n) is 7.32. The van der Waals surface area contributed by atoms with Crippen molar-refractivity contribution in [3.05, 3.63) is 30.1 Å². The molecule has 2 aromatic rings. The summed E-state index contributed by atoms with van der Waals surface area (Å²) in [4.78, 5) is 2.05. The molecule has 7 heteroatoms. The lowest BCUT2D eigenvalue weighted by atomic mass is 10.2. The van der Waals surface area contributed by atoms with Crippen molar-refractivity contribution >= 4 is 23.8 Å². The van der Waals surface area contributed by atoms with Gasteiger partial charge in [0.25, 0.3) is 0 Å². The van der Waals surface area contributed by atoms with Crippen LogP contribution in [0.5, 0.6) is 5.75 Å². The molecule has 3 rings (SSSR count). The Morgan fingerprint density at radius 1 is 1.23 bits per heavy atom. The van der Waals surface area contributed by atoms with Gasteiger partial charge in [-0.2, -0.15) is 9.78 Å². The van der Waals surface area contributed by atoms with Gasteiger partial charge in [0.15, 0.2) is 5.82 Å². The van der Waals surface area contributed by atoms with Crippen LogP contribution >= 0.6 is 11.8 Å². The van der Waals surface area contributed by atoms with Gasteiger partial charge in [0.2, 0.25) is 5.16 Å². The number of ether oxygens (including phenoxy) is 1. The number of fused-ring (bicyclic) bond motifs is 1. The van der Waals surface area contributed by atoms with Gasteiger partial charge in [-0.15, -0.1) is 10.2 Å². The summed E-state index contributed by atoms with van der Waals surface area (Å²) in [5.41, 5.74) is 1.06. The molecule has 116 valence electrons. The van der Waals surface area contributed by atoms with Crippen LogP contribution in [-0.4, -0.2) is 33.1 Å². The monoisotopic (exact) mass is 317 g/mol. The van der Waals surface area contributed by atoms with Crippen LogP contribution in [0, 0.1) is 0 Å². The topological polar surface area (TPSA) is 55.5 Å². The minimum atomic E-state index is 0.452. The predicted octanol–water partition coefficient (Wildman–Crippen LogP) is 2.99. The lowest BCUT2D eigenvalue weighted by molar-refractivity contribution is 0.340. The van der Waals surface area contributed by atoms with Gasteiger partial charge in [-0.25, -0.2) is 0 Å². The van der Waals surface area contributed by atoms with E-state index in [-0.39, 0.29) is 0 Å². The van der Waals surface area contributed by atoms with Crippen LogP contribution in [0.4, 0.5) is 5.69 Å². The Labute approximate surface area is 134 Å². The first-order chi connectivity index (χ1) is 10.7. The van der Waals surface area contributed by atoms with E-state index in [9.17, 15) is 0 Å². The summed E-state index contributed by atoms with van der Waals surface area (Å²) < 4.78 is 7.28. The van der Waals surface area contributed by atoms with Gasteiger partial charge >= 0.3 is 0 Å². The van der Waals surface area contributed by atoms with Crippen molar-refractivity contribution in [3.63, 3.8) is 0 Å². The molecule has 0 amide bonds. The average molecular weight is 317 g/mol. The summed E-state index contributed by atoms with van der Waals surface area (Å²) in [7, 11) is 0. The molecule has 1 aromatic carbocycles. The van der Waals surface area contributed by atoms with Crippen molar-refractivity contribution in [3.8, 4) is 5.75 Å². The molecule has 1 aliphatic heterocycles. The maximum Gasteiger partial charge on any atom is 0.212 e. The second-order valence-corrected chi connectivity index (χ2v) is 6.71. The Kier molecular flexibility index (Phi) is 4.33. The standard InChI is InChI=1S/C15H19N5OS/c1-4-21-13-7-5-12(6-8-13)19-9-14-17-18-15(22-11(2)3)20(14)16-10-19/h5-8,10-11H,4,9H2,1-3H3. The smallest absolute Gasteiger partial charge is 0.212 e. The number of hydrogen-bond acceptors (Lipinski definition) is 6. The van der Waals surface area contributed by atoms with Crippen molar-refractivity contribution in [1.82, 2.24) is 14.9 Å². The van der Waals surface area contributed by atoms with Crippen molar-refractivity contribution in [1.29, 1.82) is 0 Å². The van der Waals surface area contributed by atoms with E-state index in [1.165, 1.54) is 0 Å². The molecular weight excluding hydrogens is 298 g/mol. The molecule has 0 spiro atoms. The fourth-order valence-corrected chi connectivity index (χ4v) is 2.92. The molecule has 0 atom stereocenters. The summed E-state index contributed by atoms with van der Waals surface area (Å²) in [5.74, 6) is 1.72. The Morgan fingerprint density at radius 3 is 2.68 bits per heavy atom. The zero-order chi connectivity index (χ0) is 15.5. The number of thioether (sulfide) groups is 1.